The number of aromatic amines is 2. The van der Waals surface area contributed by atoms with Crippen molar-refractivity contribution >= 4 is 27.8 Å². The Balaban J connectivity index is 1.23. The van der Waals surface area contributed by atoms with Crippen molar-refractivity contribution in [2.75, 3.05) is 26.2 Å². The Bertz CT molecular complexity index is 1040. The monoisotopic (exact) mass is 359 g/mol. The van der Waals surface area contributed by atoms with E-state index in [1.165, 1.54) is 0 Å². The lowest BCUT2D eigenvalue weighted by Gasteiger charge is -2.34. The zero-order valence-corrected chi connectivity index (χ0v) is 15.0. The Morgan fingerprint density at radius 1 is 0.926 bits per heavy atom. The first-order valence-corrected chi connectivity index (χ1v) is 9.29. The fourth-order valence-corrected chi connectivity index (χ4v) is 3.76. The summed E-state index contributed by atoms with van der Waals surface area (Å²) in [6, 6.07) is 18.0. The molecular weight excluding hydrogens is 338 g/mol. The number of carbonyl (C=O) groups excluding carboxylic acids is 1. The van der Waals surface area contributed by atoms with E-state index < -0.39 is 0 Å². The van der Waals surface area contributed by atoms with Crippen LogP contribution in [0.5, 0.6) is 0 Å². The molecule has 136 valence electrons. The van der Waals surface area contributed by atoms with Crippen molar-refractivity contribution in [3.05, 3.63) is 66.1 Å². The third kappa shape index (κ3) is 3.08. The molecule has 6 nitrogen and oxygen atoms in total. The van der Waals surface area contributed by atoms with Gasteiger partial charge in [-0.2, -0.15) is 0 Å². The molecule has 2 aromatic heterocycles. The van der Waals surface area contributed by atoms with Crippen LogP contribution in [0.3, 0.4) is 0 Å². The molecule has 0 spiro atoms. The quantitative estimate of drug-likeness (QED) is 0.591. The second-order valence-corrected chi connectivity index (χ2v) is 7.04. The number of imidazole rings is 1. The van der Waals surface area contributed by atoms with Gasteiger partial charge in [0.15, 0.2) is 0 Å². The Morgan fingerprint density at radius 2 is 1.67 bits per heavy atom. The summed E-state index contributed by atoms with van der Waals surface area (Å²) in [6.07, 6.45) is 0. The summed E-state index contributed by atoms with van der Waals surface area (Å²) in [4.78, 5) is 28.3. The van der Waals surface area contributed by atoms with Crippen molar-refractivity contribution in [2.24, 2.45) is 0 Å². The van der Waals surface area contributed by atoms with Crippen molar-refractivity contribution < 1.29 is 4.79 Å². The maximum absolute atomic E-state index is 12.8. The lowest BCUT2D eigenvalue weighted by molar-refractivity contribution is 0.0621. The van der Waals surface area contributed by atoms with Crippen LogP contribution in [0.4, 0.5) is 0 Å². The summed E-state index contributed by atoms with van der Waals surface area (Å²) < 4.78 is 0. The number of hydrogen-bond acceptors (Lipinski definition) is 3. The van der Waals surface area contributed by atoms with Gasteiger partial charge in [-0.05, 0) is 24.3 Å². The number of fused-ring (bicyclic) bond motifs is 2. The highest BCUT2D eigenvalue weighted by Crippen LogP contribution is 2.17. The average molecular weight is 359 g/mol. The molecule has 4 aromatic rings. The number of aromatic nitrogens is 3. The number of amides is 1. The summed E-state index contributed by atoms with van der Waals surface area (Å²) >= 11 is 0. The second kappa shape index (κ2) is 6.55. The largest absolute Gasteiger partial charge is 0.351 e. The molecule has 1 amide bonds. The highest BCUT2D eigenvalue weighted by atomic mass is 16.2. The van der Waals surface area contributed by atoms with Gasteiger partial charge in [0, 0.05) is 37.1 Å². The van der Waals surface area contributed by atoms with E-state index in [9.17, 15) is 4.79 Å². The molecule has 6 heteroatoms. The van der Waals surface area contributed by atoms with Gasteiger partial charge in [-0.25, -0.2) is 4.98 Å². The molecule has 1 aliphatic rings. The molecule has 0 bridgehead atoms. The normalized spacial score (nSPS) is 15.6. The molecule has 27 heavy (non-hydrogen) atoms. The average Bonchev–Trinajstić information content (AvgIpc) is 3.31. The molecule has 0 atom stereocenters. The fraction of sp³-hybridized carbons (Fsp3) is 0.238. The molecule has 1 saturated heterocycles. The Hall–Kier alpha value is -3.12. The van der Waals surface area contributed by atoms with Gasteiger partial charge in [0.25, 0.3) is 5.91 Å². The molecule has 0 unspecified atom stereocenters. The molecule has 5 rings (SSSR count). The number of H-pyrrole nitrogens is 2. The van der Waals surface area contributed by atoms with E-state index in [0.717, 1.165) is 60.5 Å². The standard InChI is InChI=1S/C21H21N5O/c27-21(19-13-15-5-1-2-6-16(15)22-19)26-11-9-25(10-12-26)14-20-23-17-7-3-4-8-18(17)24-20/h1-8,13,22H,9-12,14H2,(H,23,24). The van der Waals surface area contributed by atoms with Crippen LogP contribution in [0.25, 0.3) is 21.9 Å². The predicted molar refractivity (Wildman–Crippen MR) is 106 cm³/mol. The minimum absolute atomic E-state index is 0.0783. The van der Waals surface area contributed by atoms with Crippen LogP contribution in [-0.4, -0.2) is 56.8 Å². The van der Waals surface area contributed by atoms with Crippen molar-refractivity contribution in [3.63, 3.8) is 0 Å². The molecule has 1 aliphatic heterocycles. The number of nitrogens with one attached hydrogen (secondary N) is 2. The third-order valence-corrected chi connectivity index (χ3v) is 5.23. The third-order valence-electron chi connectivity index (χ3n) is 5.23. The van der Waals surface area contributed by atoms with Crippen LogP contribution in [0, 0.1) is 0 Å². The molecular formula is C21H21N5O. The first-order valence-electron chi connectivity index (χ1n) is 9.29. The zero-order valence-electron chi connectivity index (χ0n) is 15.0. The van der Waals surface area contributed by atoms with Gasteiger partial charge < -0.3 is 14.9 Å². The Labute approximate surface area is 156 Å². The van der Waals surface area contributed by atoms with Crippen LogP contribution in [0.15, 0.2) is 54.6 Å². The summed E-state index contributed by atoms with van der Waals surface area (Å²) in [7, 11) is 0. The van der Waals surface area contributed by atoms with E-state index in [0.29, 0.717) is 5.69 Å². The topological polar surface area (TPSA) is 68.0 Å². The highest BCUT2D eigenvalue weighted by Gasteiger charge is 2.23. The number of nitrogens with zero attached hydrogens (tertiary/aromatic N) is 3. The molecule has 0 aliphatic carbocycles. The molecule has 0 radical (unpaired) electrons. The number of piperazine rings is 1. The van der Waals surface area contributed by atoms with Crippen molar-refractivity contribution in [1.82, 2.24) is 24.8 Å². The van der Waals surface area contributed by atoms with E-state index in [-0.39, 0.29) is 5.91 Å². The van der Waals surface area contributed by atoms with E-state index in [4.69, 9.17) is 0 Å². The Kier molecular flexibility index (Phi) is 3.90. The first kappa shape index (κ1) is 16.1. The highest BCUT2D eigenvalue weighted by molar-refractivity contribution is 5.98. The number of carbonyl (C=O) groups is 1. The zero-order chi connectivity index (χ0) is 18.2. The summed E-state index contributed by atoms with van der Waals surface area (Å²) in [5, 5.41) is 1.07. The van der Waals surface area contributed by atoms with Gasteiger partial charge in [-0.1, -0.05) is 30.3 Å². The van der Waals surface area contributed by atoms with Gasteiger partial charge in [0.05, 0.1) is 17.6 Å². The lowest BCUT2D eigenvalue weighted by Crippen LogP contribution is -2.48. The minimum atomic E-state index is 0.0783. The lowest BCUT2D eigenvalue weighted by atomic mass is 10.2. The van der Waals surface area contributed by atoms with Crippen molar-refractivity contribution in [3.8, 4) is 0 Å². The maximum atomic E-state index is 12.8. The van der Waals surface area contributed by atoms with Gasteiger partial charge in [-0.15, -0.1) is 0 Å². The summed E-state index contributed by atoms with van der Waals surface area (Å²) in [5.41, 5.74) is 3.74. The first-order chi connectivity index (χ1) is 13.3. The summed E-state index contributed by atoms with van der Waals surface area (Å²) in [5.74, 6) is 1.06. The predicted octanol–water partition coefficient (Wildman–Crippen LogP) is 3.00. The van der Waals surface area contributed by atoms with Crippen LogP contribution in [0.2, 0.25) is 0 Å². The minimum Gasteiger partial charge on any atom is -0.351 e. The van der Waals surface area contributed by atoms with Gasteiger partial charge in [0.2, 0.25) is 0 Å². The van der Waals surface area contributed by atoms with Crippen LogP contribution in [0.1, 0.15) is 16.3 Å². The second-order valence-electron chi connectivity index (χ2n) is 7.04. The van der Waals surface area contributed by atoms with Crippen LogP contribution in [-0.2, 0) is 6.54 Å². The smallest absolute Gasteiger partial charge is 0.270 e. The summed E-state index contributed by atoms with van der Waals surface area (Å²) in [6.45, 7) is 3.94. The van der Waals surface area contributed by atoms with Gasteiger partial charge in [0.1, 0.15) is 11.5 Å². The fourth-order valence-electron chi connectivity index (χ4n) is 3.76. The van der Waals surface area contributed by atoms with E-state index in [2.05, 4.69) is 19.9 Å². The SMILES string of the molecule is O=C(c1cc2ccccc2[nH]1)N1CCN(Cc2nc3ccccc3[nH]2)CC1. The molecule has 0 saturated carbocycles. The maximum Gasteiger partial charge on any atom is 0.270 e. The van der Waals surface area contributed by atoms with Crippen molar-refractivity contribution in [2.45, 2.75) is 6.54 Å². The van der Waals surface area contributed by atoms with Crippen LogP contribution < -0.4 is 0 Å². The van der Waals surface area contributed by atoms with E-state index >= 15 is 0 Å². The van der Waals surface area contributed by atoms with Crippen molar-refractivity contribution in [1.29, 1.82) is 0 Å². The van der Waals surface area contributed by atoms with Crippen LogP contribution >= 0.6 is 0 Å². The Morgan fingerprint density at radius 3 is 2.44 bits per heavy atom. The molecule has 1 fully saturated rings. The van der Waals surface area contributed by atoms with Gasteiger partial charge >= 0.3 is 0 Å². The molecule has 3 heterocycles. The number of para-hydroxylation sites is 3. The van der Waals surface area contributed by atoms with Gasteiger partial charge in [-0.3, -0.25) is 9.69 Å². The number of benzene rings is 2. The van der Waals surface area contributed by atoms with E-state index in [1.807, 2.05) is 59.5 Å². The molecule has 2 N–H and O–H groups in total. The number of hydrogen-bond donors (Lipinski definition) is 2. The van der Waals surface area contributed by atoms with E-state index in [1.54, 1.807) is 0 Å². The molecule has 2 aromatic carbocycles. The number of rotatable bonds is 3.